The van der Waals surface area contributed by atoms with E-state index in [-0.39, 0.29) is 11.9 Å². The van der Waals surface area contributed by atoms with Crippen LogP contribution < -0.4 is 4.90 Å². The van der Waals surface area contributed by atoms with E-state index in [1.165, 1.54) is 4.90 Å². The highest BCUT2D eigenvalue weighted by Crippen LogP contribution is 2.25. The van der Waals surface area contributed by atoms with E-state index < -0.39 is 10.0 Å². The zero-order valence-electron chi connectivity index (χ0n) is 16.9. The molecule has 2 aliphatic rings. The number of piperazine rings is 1. The molecule has 0 bridgehead atoms. The number of aryl methyl sites for hydroxylation is 3. The number of rotatable bonds is 4. The van der Waals surface area contributed by atoms with E-state index in [1.54, 1.807) is 4.31 Å². The van der Waals surface area contributed by atoms with Crippen molar-refractivity contribution in [1.29, 1.82) is 0 Å². The maximum Gasteiger partial charge on any atom is 0.280 e. The van der Waals surface area contributed by atoms with Gasteiger partial charge in [-0.25, -0.2) is 8.42 Å². The number of nitrogens with one attached hydrogen (secondary N) is 1. The molecular formula is C20H32N3O3S+. The Morgan fingerprint density at radius 3 is 2.04 bits per heavy atom. The number of nitrogens with zero attached hydrogens (tertiary/aromatic N) is 2. The summed E-state index contributed by atoms with van der Waals surface area (Å²) in [4.78, 5) is 16.2. The van der Waals surface area contributed by atoms with Crippen molar-refractivity contribution in [2.24, 2.45) is 0 Å². The Hall–Kier alpha value is -1.44. The fourth-order valence-electron chi connectivity index (χ4n) is 4.54. The Bertz CT molecular complexity index is 785. The van der Waals surface area contributed by atoms with Crippen LogP contribution in [0.25, 0.3) is 0 Å². The molecule has 2 heterocycles. The molecule has 0 aromatic heterocycles. The molecule has 150 valence electrons. The third-order valence-corrected chi connectivity index (χ3v) is 8.17. The van der Waals surface area contributed by atoms with Gasteiger partial charge in [0.15, 0.2) is 6.04 Å². The van der Waals surface area contributed by atoms with Crippen molar-refractivity contribution in [1.82, 2.24) is 9.21 Å². The van der Waals surface area contributed by atoms with Gasteiger partial charge in [0.05, 0.1) is 31.1 Å². The Morgan fingerprint density at radius 2 is 1.52 bits per heavy atom. The van der Waals surface area contributed by atoms with Gasteiger partial charge in [-0.15, -0.1) is 0 Å². The van der Waals surface area contributed by atoms with E-state index in [0.29, 0.717) is 31.1 Å². The van der Waals surface area contributed by atoms with Crippen LogP contribution in [0, 0.1) is 20.8 Å². The van der Waals surface area contributed by atoms with Crippen LogP contribution in [0.4, 0.5) is 0 Å². The summed E-state index contributed by atoms with van der Waals surface area (Å²) in [6, 6.07) is 3.76. The molecule has 1 N–H and O–H groups in total. The highest BCUT2D eigenvalue weighted by atomic mass is 32.2. The predicted octanol–water partition coefficient (Wildman–Crippen LogP) is 0.512. The molecule has 0 radical (unpaired) electrons. The van der Waals surface area contributed by atoms with Crippen LogP contribution in [0.15, 0.2) is 17.0 Å². The molecule has 1 aromatic carbocycles. The van der Waals surface area contributed by atoms with E-state index in [4.69, 9.17) is 0 Å². The summed E-state index contributed by atoms with van der Waals surface area (Å²) in [6.45, 7) is 11.7. The zero-order chi connectivity index (χ0) is 19.8. The Kier molecular flexibility index (Phi) is 5.93. The zero-order valence-corrected chi connectivity index (χ0v) is 17.7. The average molecular weight is 395 g/mol. The molecule has 2 aliphatic heterocycles. The second-order valence-electron chi connectivity index (χ2n) is 8.04. The van der Waals surface area contributed by atoms with Gasteiger partial charge in [-0.05, 0) is 51.7 Å². The molecule has 0 saturated carbocycles. The summed E-state index contributed by atoms with van der Waals surface area (Å²) in [6.07, 6.45) is 2.18. The second kappa shape index (κ2) is 7.89. The van der Waals surface area contributed by atoms with Crippen LogP contribution in [-0.2, 0) is 14.8 Å². The van der Waals surface area contributed by atoms with Crippen molar-refractivity contribution < 1.29 is 18.1 Å². The number of carbonyl (C=O) groups is 1. The lowest BCUT2D eigenvalue weighted by Crippen LogP contribution is -3.19. The molecule has 0 spiro atoms. The molecule has 2 saturated heterocycles. The minimum absolute atomic E-state index is 0.101. The lowest BCUT2D eigenvalue weighted by molar-refractivity contribution is -0.918. The fraction of sp³-hybridized carbons (Fsp3) is 0.650. The van der Waals surface area contributed by atoms with Gasteiger partial charge in [-0.1, -0.05) is 17.7 Å². The number of sulfonamides is 1. The molecule has 0 aliphatic carbocycles. The predicted molar refractivity (Wildman–Crippen MR) is 105 cm³/mol. The Balaban J connectivity index is 1.69. The number of hydrogen-bond donors (Lipinski definition) is 1. The number of quaternary nitrogens is 1. The maximum atomic E-state index is 13.2. The van der Waals surface area contributed by atoms with E-state index in [9.17, 15) is 13.2 Å². The minimum Gasteiger partial charge on any atom is -0.338 e. The number of likely N-dealkylation sites (tertiary alicyclic amines) is 1. The molecule has 7 heteroatoms. The SMILES string of the molecule is Cc1cc(C)c(S(=O)(=O)N2CC[NH+]([C@H](C)C(=O)N3CCCC3)CC2)c(C)c1. The Labute approximate surface area is 163 Å². The molecule has 1 atom stereocenters. The topological polar surface area (TPSA) is 62.1 Å². The average Bonchev–Trinajstić information content (AvgIpc) is 3.14. The first-order valence-corrected chi connectivity index (χ1v) is 11.4. The van der Waals surface area contributed by atoms with Crippen molar-refractivity contribution in [3.8, 4) is 0 Å². The van der Waals surface area contributed by atoms with E-state index in [1.807, 2.05) is 44.7 Å². The lowest BCUT2D eigenvalue weighted by Gasteiger charge is -2.35. The van der Waals surface area contributed by atoms with Crippen LogP contribution >= 0.6 is 0 Å². The summed E-state index contributed by atoms with van der Waals surface area (Å²) in [5, 5.41) is 0. The normalized spacial score (nSPS) is 20.8. The van der Waals surface area contributed by atoms with Gasteiger partial charge in [-0.2, -0.15) is 4.31 Å². The molecule has 6 nitrogen and oxygen atoms in total. The minimum atomic E-state index is -3.50. The highest BCUT2D eigenvalue weighted by Gasteiger charge is 2.37. The monoisotopic (exact) mass is 394 g/mol. The van der Waals surface area contributed by atoms with Crippen molar-refractivity contribution >= 4 is 15.9 Å². The number of benzene rings is 1. The van der Waals surface area contributed by atoms with Crippen molar-refractivity contribution in [3.63, 3.8) is 0 Å². The number of amides is 1. The molecule has 2 fully saturated rings. The van der Waals surface area contributed by atoms with Crippen molar-refractivity contribution in [2.75, 3.05) is 39.3 Å². The first-order chi connectivity index (χ1) is 12.7. The standard InChI is InChI=1S/C20H31N3O3S/c1-15-13-16(2)19(17(3)14-15)27(25,26)23-11-9-21(10-12-23)18(4)20(24)22-7-5-6-8-22/h13-14,18H,5-12H2,1-4H3/p+1/t18-/m1/s1. The van der Waals surface area contributed by atoms with E-state index >= 15 is 0 Å². The van der Waals surface area contributed by atoms with E-state index in [2.05, 4.69) is 0 Å². The molecule has 27 heavy (non-hydrogen) atoms. The smallest absolute Gasteiger partial charge is 0.280 e. The fourth-order valence-corrected chi connectivity index (χ4v) is 6.39. The lowest BCUT2D eigenvalue weighted by atomic mass is 10.1. The second-order valence-corrected chi connectivity index (χ2v) is 9.92. The van der Waals surface area contributed by atoms with Crippen LogP contribution in [0.2, 0.25) is 0 Å². The molecule has 1 aromatic rings. The molecule has 0 unspecified atom stereocenters. The highest BCUT2D eigenvalue weighted by molar-refractivity contribution is 7.89. The van der Waals surface area contributed by atoms with Gasteiger partial charge in [0.2, 0.25) is 10.0 Å². The van der Waals surface area contributed by atoms with Crippen LogP contribution in [0.1, 0.15) is 36.5 Å². The largest absolute Gasteiger partial charge is 0.338 e. The molecule has 1 amide bonds. The molecular weight excluding hydrogens is 362 g/mol. The first kappa shape index (κ1) is 20.3. The summed E-state index contributed by atoms with van der Waals surface area (Å²) in [5.74, 6) is 0.212. The summed E-state index contributed by atoms with van der Waals surface area (Å²) in [7, 11) is -3.50. The third kappa shape index (κ3) is 4.05. The van der Waals surface area contributed by atoms with Crippen LogP contribution in [0.5, 0.6) is 0 Å². The third-order valence-electron chi connectivity index (χ3n) is 5.97. The van der Waals surface area contributed by atoms with Crippen LogP contribution in [0.3, 0.4) is 0 Å². The van der Waals surface area contributed by atoms with Crippen molar-refractivity contribution in [3.05, 3.63) is 28.8 Å². The summed E-state index contributed by atoms with van der Waals surface area (Å²) >= 11 is 0. The summed E-state index contributed by atoms with van der Waals surface area (Å²) in [5.41, 5.74) is 2.69. The van der Waals surface area contributed by atoms with Gasteiger partial charge in [0.1, 0.15) is 0 Å². The maximum absolute atomic E-state index is 13.2. The van der Waals surface area contributed by atoms with E-state index in [0.717, 1.165) is 42.6 Å². The molecule has 3 rings (SSSR count). The van der Waals surface area contributed by atoms with Gasteiger partial charge in [0, 0.05) is 13.1 Å². The van der Waals surface area contributed by atoms with Gasteiger partial charge < -0.3 is 9.80 Å². The van der Waals surface area contributed by atoms with Gasteiger partial charge in [0.25, 0.3) is 5.91 Å². The quantitative estimate of drug-likeness (QED) is 0.810. The Morgan fingerprint density at radius 1 is 1.00 bits per heavy atom. The van der Waals surface area contributed by atoms with Gasteiger partial charge in [-0.3, -0.25) is 4.79 Å². The van der Waals surface area contributed by atoms with Crippen LogP contribution in [-0.4, -0.2) is 68.8 Å². The number of carbonyl (C=O) groups excluding carboxylic acids is 1. The number of hydrogen-bond acceptors (Lipinski definition) is 3. The summed E-state index contributed by atoms with van der Waals surface area (Å²) < 4.78 is 28.0. The first-order valence-electron chi connectivity index (χ1n) is 9.93. The van der Waals surface area contributed by atoms with Crippen molar-refractivity contribution in [2.45, 2.75) is 51.5 Å². The van der Waals surface area contributed by atoms with Gasteiger partial charge >= 0.3 is 0 Å².